The molecule has 1 atom stereocenters. The fourth-order valence-corrected chi connectivity index (χ4v) is 3.78. The summed E-state index contributed by atoms with van der Waals surface area (Å²) in [6.07, 6.45) is 4.74. The van der Waals surface area contributed by atoms with Gasteiger partial charge in [-0.05, 0) is 39.5 Å². The predicted octanol–water partition coefficient (Wildman–Crippen LogP) is 5.12. The number of thioether (sulfide) groups is 1. The highest BCUT2D eigenvalue weighted by Gasteiger charge is 2.13. The van der Waals surface area contributed by atoms with Crippen molar-refractivity contribution >= 4 is 33.3 Å². The average molecular weight is 429 g/mol. The van der Waals surface area contributed by atoms with Crippen molar-refractivity contribution < 1.29 is 4.42 Å². The Labute approximate surface area is 164 Å². The van der Waals surface area contributed by atoms with E-state index in [-0.39, 0.29) is 0 Å². The van der Waals surface area contributed by atoms with Gasteiger partial charge >= 0.3 is 0 Å². The Morgan fingerprint density at radius 1 is 1.12 bits per heavy atom. The minimum atomic E-state index is 0.339. The third-order valence-electron chi connectivity index (χ3n) is 4.11. The number of pyridine rings is 1. The second kappa shape index (κ2) is 7.63. The van der Waals surface area contributed by atoms with Gasteiger partial charge < -0.3 is 8.82 Å². The second-order valence-electron chi connectivity index (χ2n) is 6.11. The van der Waals surface area contributed by atoms with Crippen LogP contribution in [0, 0.1) is 0 Å². The number of halogens is 1. The second-order valence-corrected chi connectivity index (χ2v) is 7.95. The summed E-state index contributed by atoms with van der Waals surface area (Å²) in [7, 11) is 0. The summed E-state index contributed by atoms with van der Waals surface area (Å²) in [5, 5.41) is 8.91. The van der Waals surface area contributed by atoms with Gasteiger partial charge in [-0.2, -0.15) is 0 Å². The van der Waals surface area contributed by atoms with Crippen molar-refractivity contribution in [2.24, 2.45) is 0 Å². The lowest BCUT2D eigenvalue weighted by Crippen LogP contribution is -1.98. The maximum Gasteiger partial charge on any atom is 0.276 e. The molecular formula is C19H17BrN4OS. The van der Waals surface area contributed by atoms with E-state index in [0.29, 0.717) is 22.8 Å². The summed E-state index contributed by atoms with van der Waals surface area (Å²) in [6.45, 7) is 2.17. The molecule has 3 aromatic heterocycles. The first-order valence-corrected chi connectivity index (χ1v) is 10.1. The van der Waals surface area contributed by atoms with Crippen molar-refractivity contribution in [2.45, 2.75) is 30.2 Å². The standard InChI is InChI=1S/C19H17BrN4OS/c1-13(14-5-3-2-4-6-14)9-18-22-23-19(25-18)26-12-16-11-24-10-15(20)7-8-17(24)21-16/h2-8,10-11,13H,9,12H2,1H3. The van der Waals surface area contributed by atoms with Crippen molar-refractivity contribution in [3.05, 3.63) is 76.5 Å². The molecule has 0 aliphatic rings. The molecule has 0 fully saturated rings. The molecule has 5 nitrogen and oxygen atoms in total. The van der Waals surface area contributed by atoms with E-state index in [1.54, 1.807) is 0 Å². The molecule has 26 heavy (non-hydrogen) atoms. The quantitative estimate of drug-likeness (QED) is 0.399. The first-order valence-electron chi connectivity index (χ1n) is 8.30. The minimum absolute atomic E-state index is 0.339. The van der Waals surface area contributed by atoms with Crippen LogP contribution < -0.4 is 0 Å². The van der Waals surface area contributed by atoms with Crippen LogP contribution in [0.2, 0.25) is 0 Å². The Morgan fingerprint density at radius 2 is 1.96 bits per heavy atom. The SMILES string of the molecule is CC(Cc1nnc(SCc2cn3cc(Br)ccc3n2)o1)c1ccccc1. The first-order chi connectivity index (χ1) is 12.7. The number of benzene rings is 1. The number of aromatic nitrogens is 4. The molecule has 132 valence electrons. The number of fused-ring (bicyclic) bond motifs is 1. The summed E-state index contributed by atoms with van der Waals surface area (Å²) in [5.74, 6) is 1.70. The highest BCUT2D eigenvalue weighted by Crippen LogP contribution is 2.24. The van der Waals surface area contributed by atoms with Crippen LogP contribution in [-0.4, -0.2) is 19.6 Å². The van der Waals surface area contributed by atoms with Crippen molar-refractivity contribution in [1.82, 2.24) is 19.6 Å². The van der Waals surface area contributed by atoms with Gasteiger partial charge in [-0.15, -0.1) is 10.2 Å². The summed E-state index contributed by atoms with van der Waals surface area (Å²) in [6, 6.07) is 14.3. The van der Waals surface area contributed by atoms with E-state index < -0.39 is 0 Å². The van der Waals surface area contributed by atoms with Crippen molar-refractivity contribution in [2.75, 3.05) is 0 Å². The molecule has 0 N–H and O–H groups in total. The Morgan fingerprint density at radius 3 is 2.81 bits per heavy atom. The summed E-state index contributed by atoms with van der Waals surface area (Å²) >= 11 is 4.98. The molecule has 4 aromatic rings. The normalized spacial score (nSPS) is 12.5. The third-order valence-corrected chi connectivity index (χ3v) is 5.43. The molecule has 3 heterocycles. The molecule has 0 saturated carbocycles. The Bertz CT molecular complexity index is 1010. The van der Waals surface area contributed by atoms with E-state index in [0.717, 1.165) is 22.2 Å². The monoisotopic (exact) mass is 428 g/mol. The van der Waals surface area contributed by atoms with Gasteiger partial charge in [0.25, 0.3) is 5.22 Å². The van der Waals surface area contributed by atoms with Gasteiger partial charge in [0.2, 0.25) is 5.89 Å². The summed E-state index contributed by atoms with van der Waals surface area (Å²) < 4.78 is 8.81. The molecule has 1 unspecified atom stereocenters. The van der Waals surface area contributed by atoms with Gasteiger partial charge in [0.05, 0.1) is 5.69 Å². The van der Waals surface area contributed by atoms with Crippen LogP contribution in [0.15, 0.2) is 69.0 Å². The molecule has 0 aliphatic heterocycles. The molecule has 0 spiro atoms. The fraction of sp³-hybridized carbons (Fsp3) is 0.211. The predicted molar refractivity (Wildman–Crippen MR) is 105 cm³/mol. The Kier molecular flexibility index (Phi) is 5.08. The zero-order valence-electron chi connectivity index (χ0n) is 14.2. The number of rotatable bonds is 6. The van der Waals surface area contributed by atoms with Gasteiger partial charge in [-0.1, -0.05) is 49.0 Å². The fourth-order valence-electron chi connectivity index (χ4n) is 2.76. The van der Waals surface area contributed by atoms with Gasteiger partial charge in [0, 0.05) is 29.0 Å². The molecule has 7 heteroatoms. The van der Waals surface area contributed by atoms with E-state index in [1.165, 1.54) is 17.3 Å². The van der Waals surface area contributed by atoms with Crippen LogP contribution in [0.1, 0.15) is 30.0 Å². The lowest BCUT2D eigenvalue weighted by atomic mass is 9.98. The van der Waals surface area contributed by atoms with Gasteiger partial charge in [-0.25, -0.2) is 4.98 Å². The topological polar surface area (TPSA) is 56.2 Å². The van der Waals surface area contributed by atoms with E-state index in [2.05, 4.69) is 50.2 Å². The molecule has 0 saturated heterocycles. The van der Waals surface area contributed by atoms with Crippen molar-refractivity contribution in [3.8, 4) is 0 Å². The van der Waals surface area contributed by atoms with Crippen LogP contribution in [0.5, 0.6) is 0 Å². The number of hydrogen-bond donors (Lipinski definition) is 0. The molecule has 4 rings (SSSR count). The number of imidazole rings is 1. The minimum Gasteiger partial charge on any atom is -0.416 e. The lowest BCUT2D eigenvalue weighted by Gasteiger charge is -2.08. The Hall–Kier alpha value is -2.12. The van der Waals surface area contributed by atoms with Gasteiger partial charge in [0.1, 0.15) is 5.65 Å². The first kappa shape index (κ1) is 17.3. The smallest absolute Gasteiger partial charge is 0.276 e. The molecule has 1 aromatic carbocycles. The number of hydrogen-bond acceptors (Lipinski definition) is 5. The third kappa shape index (κ3) is 3.99. The van der Waals surface area contributed by atoms with E-state index in [9.17, 15) is 0 Å². The highest BCUT2D eigenvalue weighted by atomic mass is 79.9. The van der Waals surface area contributed by atoms with Crippen LogP contribution in [0.4, 0.5) is 0 Å². The maximum absolute atomic E-state index is 5.79. The lowest BCUT2D eigenvalue weighted by molar-refractivity contribution is 0.404. The molecular weight excluding hydrogens is 412 g/mol. The van der Waals surface area contributed by atoms with Gasteiger partial charge in [-0.3, -0.25) is 0 Å². The zero-order valence-corrected chi connectivity index (χ0v) is 16.6. The van der Waals surface area contributed by atoms with Crippen LogP contribution in [0.25, 0.3) is 5.65 Å². The van der Waals surface area contributed by atoms with Crippen LogP contribution in [-0.2, 0) is 12.2 Å². The molecule has 0 amide bonds. The summed E-state index contributed by atoms with van der Waals surface area (Å²) in [4.78, 5) is 4.60. The van der Waals surface area contributed by atoms with Crippen molar-refractivity contribution in [3.63, 3.8) is 0 Å². The Balaban J connectivity index is 1.38. The molecule has 0 radical (unpaired) electrons. The maximum atomic E-state index is 5.79. The van der Waals surface area contributed by atoms with Crippen molar-refractivity contribution in [1.29, 1.82) is 0 Å². The van der Waals surface area contributed by atoms with Crippen LogP contribution >= 0.6 is 27.7 Å². The number of nitrogens with zero attached hydrogens (tertiary/aromatic N) is 4. The zero-order chi connectivity index (χ0) is 17.9. The van der Waals surface area contributed by atoms with Crippen LogP contribution in [0.3, 0.4) is 0 Å². The largest absolute Gasteiger partial charge is 0.416 e. The highest BCUT2D eigenvalue weighted by molar-refractivity contribution is 9.10. The molecule has 0 aliphatic carbocycles. The average Bonchev–Trinajstić information content (AvgIpc) is 3.26. The van der Waals surface area contributed by atoms with E-state index in [4.69, 9.17) is 4.42 Å². The van der Waals surface area contributed by atoms with Gasteiger partial charge in [0.15, 0.2) is 0 Å². The van der Waals surface area contributed by atoms with E-state index >= 15 is 0 Å². The molecule has 0 bridgehead atoms. The van der Waals surface area contributed by atoms with E-state index in [1.807, 2.05) is 47.1 Å². The summed E-state index contributed by atoms with van der Waals surface area (Å²) in [5.41, 5.74) is 3.17.